The molecule has 1 aromatic carbocycles. The molecule has 0 aliphatic carbocycles. The van der Waals surface area contributed by atoms with Gasteiger partial charge in [0.15, 0.2) is 0 Å². The van der Waals surface area contributed by atoms with Crippen molar-refractivity contribution in [3.05, 3.63) is 64.0 Å². The summed E-state index contributed by atoms with van der Waals surface area (Å²) >= 11 is 1.56. The highest BCUT2D eigenvalue weighted by atomic mass is 32.1. The largest absolute Gasteiger partial charge is 0.376 e. The van der Waals surface area contributed by atoms with Gasteiger partial charge >= 0.3 is 6.03 Å². The highest BCUT2D eigenvalue weighted by Crippen LogP contribution is 2.38. The first-order valence-electron chi connectivity index (χ1n) is 10.9. The van der Waals surface area contributed by atoms with Gasteiger partial charge in [-0.3, -0.25) is 4.90 Å². The fraction of sp³-hybridized carbons (Fsp3) is 0.375. The van der Waals surface area contributed by atoms with Crippen LogP contribution in [0.5, 0.6) is 0 Å². The lowest BCUT2D eigenvalue weighted by atomic mass is 9.92. The van der Waals surface area contributed by atoms with Crippen molar-refractivity contribution in [1.82, 2.24) is 20.4 Å². The van der Waals surface area contributed by atoms with Crippen LogP contribution in [0.15, 0.2) is 45.9 Å². The van der Waals surface area contributed by atoms with Crippen LogP contribution in [-0.2, 0) is 4.74 Å². The van der Waals surface area contributed by atoms with Crippen molar-refractivity contribution in [1.29, 1.82) is 0 Å². The van der Waals surface area contributed by atoms with E-state index in [1.807, 2.05) is 30.5 Å². The average Bonchev–Trinajstić information content (AvgIpc) is 3.54. The van der Waals surface area contributed by atoms with E-state index in [-0.39, 0.29) is 18.2 Å². The summed E-state index contributed by atoms with van der Waals surface area (Å²) in [6.07, 6.45) is 2.02. The van der Waals surface area contributed by atoms with Crippen LogP contribution in [0.25, 0.3) is 16.3 Å². The van der Waals surface area contributed by atoms with E-state index in [0.717, 1.165) is 41.2 Å². The third-order valence-corrected chi connectivity index (χ3v) is 7.13. The molecule has 0 saturated carbocycles. The van der Waals surface area contributed by atoms with Crippen LogP contribution in [-0.4, -0.2) is 40.3 Å². The minimum absolute atomic E-state index is 0.0412. The number of aryl methyl sites for hydroxylation is 2. The Balaban J connectivity index is 1.59. The van der Waals surface area contributed by atoms with E-state index in [9.17, 15) is 4.79 Å². The number of carbonyl (C=O) groups is 1. The van der Waals surface area contributed by atoms with E-state index in [4.69, 9.17) is 14.2 Å². The molecule has 8 heteroatoms. The molecule has 0 radical (unpaired) electrons. The molecule has 2 aliphatic heterocycles. The Morgan fingerprint density at radius 1 is 1.22 bits per heavy atom. The molecule has 32 heavy (non-hydrogen) atoms. The van der Waals surface area contributed by atoms with Gasteiger partial charge in [-0.15, -0.1) is 11.3 Å². The average molecular weight is 451 g/mol. The smallest absolute Gasteiger partial charge is 0.322 e. The van der Waals surface area contributed by atoms with E-state index >= 15 is 0 Å². The second kappa shape index (κ2) is 8.52. The molecule has 2 unspecified atom stereocenters. The maximum absolute atomic E-state index is 13.2. The summed E-state index contributed by atoms with van der Waals surface area (Å²) in [4.78, 5) is 20.5. The van der Waals surface area contributed by atoms with Crippen molar-refractivity contribution < 1.29 is 14.1 Å². The van der Waals surface area contributed by atoms with Gasteiger partial charge in [0.05, 0.1) is 29.1 Å². The van der Waals surface area contributed by atoms with Crippen molar-refractivity contribution in [3.8, 4) is 10.7 Å². The second-order valence-electron chi connectivity index (χ2n) is 8.37. The molecule has 2 aliphatic rings. The van der Waals surface area contributed by atoms with Crippen LogP contribution >= 0.6 is 11.3 Å². The van der Waals surface area contributed by atoms with E-state index in [1.165, 1.54) is 11.1 Å². The zero-order valence-corrected chi connectivity index (χ0v) is 19.2. The van der Waals surface area contributed by atoms with Crippen molar-refractivity contribution in [3.63, 3.8) is 0 Å². The van der Waals surface area contributed by atoms with Gasteiger partial charge in [0.25, 0.3) is 5.89 Å². The molecule has 1 fully saturated rings. The zero-order chi connectivity index (χ0) is 22.2. The van der Waals surface area contributed by atoms with Crippen molar-refractivity contribution in [2.24, 2.45) is 0 Å². The number of ether oxygens (including phenoxy) is 1. The van der Waals surface area contributed by atoms with Crippen LogP contribution in [0, 0.1) is 13.8 Å². The van der Waals surface area contributed by atoms with Gasteiger partial charge in [0.1, 0.15) is 0 Å². The lowest BCUT2D eigenvalue weighted by Crippen LogP contribution is -2.48. The van der Waals surface area contributed by atoms with Gasteiger partial charge in [0.2, 0.25) is 5.82 Å². The number of amides is 2. The summed E-state index contributed by atoms with van der Waals surface area (Å²) in [7, 11) is 0. The quantitative estimate of drug-likeness (QED) is 0.586. The van der Waals surface area contributed by atoms with Crippen LogP contribution < -0.4 is 5.32 Å². The fourth-order valence-corrected chi connectivity index (χ4v) is 4.95. The van der Waals surface area contributed by atoms with E-state index < -0.39 is 0 Å². The number of hydrogen-bond donors (Lipinski definition) is 1. The summed E-state index contributed by atoms with van der Waals surface area (Å²) in [5.74, 6) is 0.975. The Morgan fingerprint density at radius 2 is 2.09 bits per heavy atom. The number of benzene rings is 1. The Hall–Kier alpha value is -2.97. The lowest BCUT2D eigenvalue weighted by Gasteiger charge is -2.36. The van der Waals surface area contributed by atoms with Gasteiger partial charge in [-0.05, 0) is 61.7 Å². The van der Waals surface area contributed by atoms with Gasteiger partial charge in [-0.25, -0.2) is 4.79 Å². The Labute approximate surface area is 191 Å². The number of carbonyl (C=O) groups excluding carboxylic acids is 1. The van der Waals surface area contributed by atoms with Gasteiger partial charge in [0, 0.05) is 12.3 Å². The number of thiophene rings is 1. The standard InChI is InChI=1S/C24H26N4O3S/c1-14-8-9-17(12-15(14)2)21-20(23-26-22(27-31-23)19-7-5-11-32-19)16(3)28(24(29)25-21)13-18-6-4-10-30-18/h5,7-9,11-12,18,21H,4,6,10,13H2,1-3H3,(H,25,29). The minimum atomic E-state index is -0.376. The topological polar surface area (TPSA) is 80.5 Å². The van der Waals surface area contributed by atoms with Gasteiger partial charge in [-0.1, -0.05) is 29.4 Å². The number of hydrogen-bond acceptors (Lipinski definition) is 6. The molecular formula is C24H26N4O3S. The predicted molar refractivity (Wildman–Crippen MR) is 123 cm³/mol. The lowest BCUT2D eigenvalue weighted by molar-refractivity contribution is 0.0877. The molecule has 0 bridgehead atoms. The maximum atomic E-state index is 13.2. The number of urea groups is 1. The normalized spacial score (nSPS) is 21.3. The molecule has 1 N–H and O–H groups in total. The molecule has 0 spiro atoms. The summed E-state index contributed by atoms with van der Waals surface area (Å²) in [5, 5.41) is 9.37. The van der Waals surface area contributed by atoms with Gasteiger partial charge < -0.3 is 14.6 Å². The highest BCUT2D eigenvalue weighted by Gasteiger charge is 2.37. The number of aromatic nitrogens is 2. The Bertz CT molecular complexity index is 1160. The van der Waals surface area contributed by atoms with Gasteiger partial charge in [-0.2, -0.15) is 4.98 Å². The van der Waals surface area contributed by atoms with Crippen LogP contribution in [0.1, 0.15) is 48.4 Å². The van der Waals surface area contributed by atoms with Crippen LogP contribution in [0.4, 0.5) is 4.79 Å². The first kappa shape index (κ1) is 20.9. The molecule has 2 atom stereocenters. The predicted octanol–water partition coefficient (Wildman–Crippen LogP) is 5.09. The maximum Gasteiger partial charge on any atom is 0.322 e. The first-order valence-corrected chi connectivity index (χ1v) is 11.7. The first-order chi connectivity index (χ1) is 15.5. The molecule has 166 valence electrons. The monoisotopic (exact) mass is 450 g/mol. The van der Waals surface area contributed by atoms with Crippen molar-refractivity contribution in [2.75, 3.05) is 13.2 Å². The summed E-state index contributed by atoms with van der Waals surface area (Å²) in [6, 6.07) is 9.65. The molecule has 7 nitrogen and oxygen atoms in total. The number of nitrogens with one attached hydrogen (secondary N) is 1. The zero-order valence-electron chi connectivity index (χ0n) is 18.4. The van der Waals surface area contributed by atoms with Crippen molar-refractivity contribution >= 4 is 22.9 Å². The number of nitrogens with zero attached hydrogens (tertiary/aromatic N) is 3. The van der Waals surface area contributed by atoms with E-state index in [2.05, 4.69) is 36.5 Å². The molecule has 5 rings (SSSR count). The van der Waals surface area contributed by atoms with Crippen LogP contribution in [0.2, 0.25) is 0 Å². The summed E-state index contributed by atoms with van der Waals surface area (Å²) in [6.45, 7) is 7.36. The summed E-state index contributed by atoms with van der Waals surface area (Å²) < 4.78 is 11.5. The van der Waals surface area contributed by atoms with Crippen LogP contribution in [0.3, 0.4) is 0 Å². The van der Waals surface area contributed by atoms with E-state index in [0.29, 0.717) is 18.3 Å². The van der Waals surface area contributed by atoms with Crippen molar-refractivity contribution in [2.45, 2.75) is 45.8 Å². The molecule has 1 saturated heterocycles. The third-order valence-electron chi connectivity index (χ3n) is 6.27. The summed E-state index contributed by atoms with van der Waals surface area (Å²) in [5.41, 5.74) is 5.00. The molecule has 3 aromatic rings. The fourth-order valence-electron chi connectivity index (χ4n) is 4.30. The molecule has 2 amide bonds. The molecular weight excluding hydrogens is 424 g/mol. The van der Waals surface area contributed by atoms with E-state index in [1.54, 1.807) is 16.2 Å². The minimum Gasteiger partial charge on any atom is -0.376 e. The highest BCUT2D eigenvalue weighted by molar-refractivity contribution is 7.13. The molecule has 2 aromatic heterocycles. The Kier molecular flexibility index (Phi) is 5.57. The number of rotatable bonds is 5. The number of allylic oxidation sites excluding steroid dienone is 1. The second-order valence-corrected chi connectivity index (χ2v) is 9.32. The third kappa shape index (κ3) is 3.84. The Morgan fingerprint density at radius 3 is 2.81 bits per heavy atom. The molecule has 4 heterocycles. The SMILES string of the molecule is CC1=C(c2nc(-c3cccs3)no2)C(c2ccc(C)c(C)c2)NC(=O)N1CC1CCCO1.